The molecule has 4 nitrogen and oxygen atoms in total. The number of fused-ring (bicyclic) bond motifs is 1. The first-order valence-corrected chi connectivity index (χ1v) is 11.5. The number of nitrogens with one attached hydrogen (secondary N) is 1. The van der Waals surface area contributed by atoms with Crippen molar-refractivity contribution in [3.05, 3.63) is 71.8 Å². The zero-order chi connectivity index (χ0) is 20.7. The molecule has 0 aromatic heterocycles. The lowest BCUT2D eigenvalue weighted by Crippen LogP contribution is -2.40. The number of benzene rings is 2. The Balaban J connectivity index is 1.23. The molecule has 2 aromatic rings. The van der Waals surface area contributed by atoms with Crippen LogP contribution in [0.15, 0.2) is 60.7 Å². The lowest BCUT2D eigenvalue weighted by Gasteiger charge is -2.29. The molecular formula is C26H32N2O2. The van der Waals surface area contributed by atoms with E-state index in [-0.39, 0.29) is 23.8 Å². The quantitative estimate of drug-likeness (QED) is 0.771. The normalized spacial score (nSPS) is 32.4. The van der Waals surface area contributed by atoms with Gasteiger partial charge in [-0.05, 0) is 42.7 Å². The Labute approximate surface area is 179 Å². The number of amides is 1. The smallest absolute Gasteiger partial charge is 0.228 e. The van der Waals surface area contributed by atoms with Crippen molar-refractivity contribution in [2.45, 2.75) is 50.3 Å². The third-order valence-electron chi connectivity index (χ3n) is 7.76. The molecule has 3 fully saturated rings. The summed E-state index contributed by atoms with van der Waals surface area (Å²) in [5, 5.41) is 13.9. The van der Waals surface area contributed by atoms with Gasteiger partial charge in [-0.2, -0.15) is 0 Å². The van der Waals surface area contributed by atoms with Crippen molar-refractivity contribution in [3.8, 4) is 0 Å². The Morgan fingerprint density at radius 1 is 0.967 bits per heavy atom. The van der Waals surface area contributed by atoms with Crippen LogP contribution in [-0.2, 0) is 4.79 Å². The average molecular weight is 405 g/mol. The summed E-state index contributed by atoms with van der Waals surface area (Å²) in [5.74, 6) is 1.01. The van der Waals surface area contributed by atoms with Crippen LogP contribution in [0.25, 0.3) is 0 Å². The number of nitrogens with zero attached hydrogens (tertiary/aromatic N) is 1. The summed E-state index contributed by atoms with van der Waals surface area (Å²) in [5.41, 5.74) is 2.39. The first-order chi connectivity index (χ1) is 14.6. The van der Waals surface area contributed by atoms with Gasteiger partial charge in [0.25, 0.3) is 0 Å². The van der Waals surface area contributed by atoms with Crippen LogP contribution in [-0.4, -0.2) is 41.1 Å². The molecule has 2 aliphatic carbocycles. The number of carbonyl (C=O) groups excluding carboxylic acids is 1. The largest absolute Gasteiger partial charge is 0.393 e. The summed E-state index contributed by atoms with van der Waals surface area (Å²) < 4.78 is 0. The van der Waals surface area contributed by atoms with Gasteiger partial charge in [-0.25, -0.2) is 0 Å². The van der Waals surface area contributed by atoms with Crippen molar-refractivity contribution in [1.29, 1.82) is 0 Å². The molecule has 1 saturated heterocycles. The molecule has 6 atom stereocenters. The van der Waals surface area contributed by atoms with Crippen LogP contribution in [0.2, 0.25) is 0 Å². The van der Waals surface area contributed by atoms with Gasteiger partial charge >= 0.3 is 0 Å². The maximum atomic E-state index is 13.4. The van der Waals surface area contributed by atoms with E-state index in [0.717, 1.165) is 37.9 Å². The van der Waals surface area contributed by atoms with Crippen LogP contribution in [0.5, 0.6) is 0 Å². The lowest BCUT2D eigenvalue weighted by molar-refractivity contribution is -0.125. The van der Waals surface area contributed by atoms with E-state index in [1.807, 2.05) is 30.3 Å². The number of rotatable bonds is 6. The fourth-order valence-corrected chi connectivity index (χ4v) is 5.90. The molecule has 5 rings (SSSR count). The van der Waals surface area contributed by atoms with E-state index >= 15 is 0 Å². The summed E-state index contributed by atoms with van der Waals surface area (Å²) in [6, 6.07) is 21.4. The van der Waals surface area contributed by atoms with Crippen LogP contribution in [0.4, 0.5) is 0 Å². The van der Waals surface area contributed by atoms with Gasteiger partial charge in [0.05, 0.1) is 12.0 Å². The molecule has 30 heavy (non-hydrogen) atoms. The monoisotopic (exact) mass is 404 g/mol. The minimum Gasteiger partial charge on any atom is -0.393 e. The van der Waals surface area contributed by atoms with E-state index in [4.69, 9.17) is 0 Å². The number of aliphatic hydroxyl groups is 1. The summed E-state index contributed by atoms with van der Waals surface area (Å²) >= 11 is 0. The first kappa shape index (κ1) is 19.8. The second kappa shape index (κ2) is 8.16. The molecule has 0 bridgehead atoms. The third kappa shape index (κ3) is 3.67. The molecule has 1 aliphatic heterocycles. The van der Waals surface area contributed by atoms with Crippen molar-refractivity contribution >= 4 is 5.91 Å². The fourth-order valence-electron chi connectivity index (χ4n) is 5.90. The Morgan fingerprint density at radius 3 is 2.13 bits per heavy atom. The molecule has 2 saturated carbocycles. The van der Waals surface area contributed by atoms with Gasteiger partial charge in [-0.15, -0.1) is 0 Å². The molecule has 0 spiro atoms. The molecule has 3 aliphatic rings. The molecule has 0 radical (unpaired) electrons. The van der Waals surface area contributed by atoms with E-state index in [1.54, 1.807) is 0 Å². The van der Waals surface area contributed by atoms with Gasteiger partial charge < -0.3 is 10.4 Å². The number of carbonyl (C=O) groups is 1. The zero-order valence-corrected chi connectivity index (χ0v) is 17.7. The van der Waals surface area contributed by atoms with Crippen molar-refractivity contribution < 1.29 is 9.90 Å². The topological polar surface area (TPSA) is 52.6 Å². The standard InChI is InChI=1S/C26H32N2O2/c1-17(18-9-4-2-5-10-18)28-15-21-22(16-28)25(21)27-26(30)24(19-11-6-3-7-12-19)20-13-8-14-23(20)29/h2-7,9-12,17,20-25,29H,8,13-16H2,1H3,(H,27,30). The van der Waals surface area contributed by atoms with E-state index in [2.05, 4.69) is 47.5 Å². The highest BCUT2D eigenvalue weighted by molar-refractivity contribution is 5.85. The van der Waals surface area contributed by atoms with Gasteiger partial charge in [0, 0.05) is 31.1 Å². The second-order valence-electron chi connectivity index (χ2n) is 9.45. The molecule has 4 heteroatoms. The van der Waals surface area contributed by atoms with E-state index in [9.17, 15) is 9.90 Å². The predicted molar refractivity (Wildman–Crippen MR) is 118 cm³/mol. The number of hydrogen-bond donors (Lipinski definition) is 2. The Morgan fingerprint density at radius 2 is 1.57 bits per heavy atom. The molecule has 158 valence electrons. The summed E-state index contributed by atoms with van der Waals surface area (Å²) in [6.45, 7) is 4.38. The molecular weight excluding hydrogens is 372 g/mol. The number of aliphatic hydroxyl groups excluding tert-OH is 1. The highest BCUT2D eigenvalue weighted by atomic mass is 16.3. The SMILES string of the molecule is CC(c1ccccc1)N1CC2C(C1)C2NC(=O)C(c1ccccc1)C1CCCC1O. The van der Waals surface area contributed by atoms with E-state index < -0.39 is 0 Å². The fraction of sp³-hybridized carbons (Fsp3) is 0.500. The highest BCUT2D eigenvalue weighted by Crippen LogP contribution is 2.48. The molecule has 1 amide bonds. The summed E-state index contributed by atoms with van der Waals surface area (Å²) in [7, 11) is 0. The van der Waals surface area contributed by atoms with Gasteiger partial charge in [-0.3, -0.25) is 9.69 Å². The van der Waals surface area contributed by atoms with Gasteiger partial charge in [0.1, 0.15) is 0 Å². The molecule has 2 N–H and O–H groups in total. The third-order valence-corrected chi connectivity index (χ3v) is 7.76. The van der Waals surface area contributed by atoms with Crippen molar-refractivity contribution in [1.82, 2.24) is 10.2 Å². The lowest BCUT2D eigenvalue weighted by atomic mass is 9.83. The Kier molecular flexibility index (Phi) is 5.38. The van der Waals surface area contributed by atoms with Gasteiger partial charge in [0.15, 0.2) is 0 Å². The number of hydrogen-bond acceptors (Lipinski definition) is 3. The van der Waals surface area contributed by atoms with Gasteiger partial charge in [-0.1, -0.05) is 67.1 Å². The molecule has 2 aromatic carbocycles. The Bertz CT molecular complexity index is 859. The second-order valence-corrected chi connectivity index (χ2v) is 9.45. The summed E-state index contributed by atoms with van der Waals surface area (Å²) in [4.78, 5) is 15.9. The van der Waals surface area contributed by atoms with Crippen LogP contribution in [0.1, 0.15) is 49.3 Å². The van der Waals surface area contributed by atoms with Crippen LogP contribution < -0.4 is 5.32 Å². The van der Waals surface area contributed by atoms with E-state index in [1.165, 1.54) is 5.56 Å². The highest BCUT2D eigenvalue weighted by Gasteiger charge is 2.57. The van der Waals surface area contributed by atoms with Crippen molar-refractivity contribution in [3.63, 3.8) is 0 Å². The molecule has 6 unspecified atom stereocenters. The maximum Gasteiger partial charge on any atom is 0.228 e. The van der Waals surface area contributed by atoms with Crippen molar-refractivity contribution in [2.24, 2.45) is 17.8 Å². The maximum absolute atomic E-state index is 13.4. The minimum absolute atomic E-state index is 0.0283. The van der Waals surface area contributed by atoms with Crippen LogP contribution in [0, 0.1) is 17.8 Å². The minimum atomic E-state index is -0.373. The number of piperidine rings is 1. The molecule has 1 heterocycles. The van der Waals surface area contributed by atoms with Crippen molar-refractivity contribution in [2.75, 3.05) is 13.1 Å². The average Bonchev–Trinajstić information content (AvgIpc) is 3.11. The number of likely N-dealkylation sites (tertiary alicyclic amines) is 1. The van der Waals surface area contributed by atoms with Crippen LogP contribution >= 0.6 is 0 Å². The van der Waals surface area contributed by atoms with Crippen LogP contribution in [0.3, 0.4) is 0 Å². The van der Waals surface area contributed by atoms with E-state index in [0.29, 0.717) is 23.9 Å². The van der Waals surface area contributed by atoms with Gasteiger partial charge in [0.2, 0.25) is 5.91 Å². The predicted octanol–water partition coefficient (Wildman–Crippen LogP) is 3.74. The Hall–Kier alpha value is -2.17. The first-order valence-electron chi connectivity index (χ1n) is 11.5. The summed E-state index contributed by atoms with van der Waals surface area (Å²) in [6.07, 6.45) is 2.36. The zero-order valence-electron chi connectivity index (χ0n) is 17.7.